The van der Waals surface area contributed by atoms with Gasteiger partial charge in [0.25, 0.3) is 5.56 Å². The van der Waals surface area contributed by atoms with Crippen molar-refractivity contribution >= 4 is 32.7 Å². The molecule has 0 spiro atoms. The number of carbonyl (C=O) groups is 1. The summed E-state index contributed by atoms with van der Waals surface area (Å²) in [5.41, 5.74) is 1.33. The van der Waals surface area contributed by atoms with Crippen LogP contribution in [-0.4, -0.2) is 33.0 Å². The molecule has 0 bridgehead atoms. The molecule has 2 aromatic heterocycles. The van der Waals surface area contributed by atoms with E-state index in [1.54, 1.807) is 11.6 Å². The van der Waals surface area contributed by atoms with Crippen LogP contribution in [0.25, 0.3) is 10.3 Å². The second-order valence-corrected chi connectivity index (χ2v) is 8.26. The van der Waals surface area contributed by atoms with Crippen LogP contribution in [0.5, 0.6) is 0 Å². The van der Waals surface area contributed by atoms with Crippen molar-refractivity contribution in [3.63, 3.8) is 0 Å². The van der Waals surface area contributed by atoms with Crippen LogP contribution in [0.1, 0.15) is 37.6 Å². The van der Waals surface area contributed by atoms with Gasteiger partial charge in [-0.3, -0.25) is 14.2 Å². The van der Waals surface area contributed by atoms with Crippen LogP contribution in [0.15, 0.2) is 35.1 Å². The van der Waals surface area contributed by atoms with Gasteiger partial charge in [-0.2, -0.15) is 0 Å². The predicted octanol–water partition coefficient (Wildman–Crippen LogP) is 2.63. The number of piperidine rings is 1. The topological polar surface area (TPSA) is 80.1 Å². The van der Waals surface area contributed by atoms with E-state index in [1.807, 2.05) is 42.2 Å². The van der Waals surface area contributed by atoms with Gasteiger partial charge in [0, 0.05) is 26.6 Å². The molecule has 7 nitrogen and oxygen atoms in total. The first-order valence-corrected chi connectivity index (χ1v) is 10.8. The molecule has 0 unspecified atom stereocenters. The van der Waals surface area contributed by atoms with Crippen LogP contribution in [0.4, 0.5) is 5.13 Å². The Labute approximate surface area is 173 Å². The molecule has 1 aliphatic rings. The van der Waals surface area contributed by atoms with Gasteiger partial charge in [0.15, 0.2) is 15.5 Å². The van der Waals surface area contributed by atoms with Gasteiger partial charge < -0.3 is 10.2 Å². The van der Waals surface area contributed by atoms with Gasteiger partial charge in [-0.25, -0.2) is 9.97 Å². The van der Waals surface area contributed by atoms with E-state index in [2.05, 4.69) is 15.3 Å². The highest BCUT2D eigenvalue weighted by Crippen LogP contribution is 2.31. The van der Waals surface area contributed by atoms with Crippen LogP contribution in [-0.2, 0) is 24.8 Å². The van der Waals surface area contributed by atoms with E-state index < -0.39 is 0 Å². The fourth-order valence-electron chi connectivity index (χ4n) is 3.76. The molecule has 0 aliphatic carbocycles. The zero-order chi connectivity index (χ0) is 20.4. The van der Waals surface area contributed by atoms with Crippen molar-refractivity contribution in [2.24, 2.45) is 7.05 Å². The fourth-order valence-corrected chi connectivity index (χ4v) is 4.79. The van der Waals surface area contributed by atoms with Crippen molar-refractivity contribution in [1.82, 2.24) is 19.9 Å². The monoisotopic (exact) mass is 411 g/mol. The van der Waals surface area contributed by atoms with Crippen molar-refractivity contribution in [3.05, 3.63) is 52.1 Å². The number of aryl methyl sites for hydroxylation is 1. The normalized spacial score (nSPS) is 16.9. The molecule has 1 aliphatic heterocycles. The first kappa shape index (κ1) is 19.6. The summed E-state index contributed by atoms with van der Waals surface area (Å²) in [6.45, 7) is 3.24. The van der Waals surface area contributed by atoms with Gasteiger partial charge in [0.1, 0.15) is 11.9 Å². The molecule has 1 saturated heterocycles. The highest BCUT2D eigenvalue weighted by molar-refractivity contribution is 7.21. The van der Waals surface area contributed by atoms with Crippen LogP contribution < -0.4 is 15.8 Å². The molecule has 0 saturated carbocycles. The van der Waals surface area contributed by atoms with Crippen molar-refractivity contribution in [2.45, 2.75) is 45.2 Å². The quantitative estimate of drug-likeness (QED) is 0.698. The minimum atomic E-state index is -0.275. The number of thiazole rings is 1. The molecule has 1 aromatic carbocycles. The summed E-state index contributed by atoms with van der Waals surface area (Å²) in [6, 6.07) is 9.62. The smallest absolute Gasteiger partial charge is 0.280 e. The zero-order valence-electron chi connectivity index (χ0n) is 16.7. The summed E-state index contributed by atoms with van der Waals surface area (Å²) >= 11 is 1.40. The van der Waals surface area contributed by atoms with Crippen molar-refractivity contribution in [1.29, 1.82) is 0 Å². The van der Waals surface area contributed by atoms with Gasteiger partial charge in [-0.05, 0) is 24.8 Å². The zero-order valence-corrected chi connectivity index (χ0v) is 17.5. The lowest BCUT2D eigenvalue weighted by Crippen LogP contribution is -2.49. The third-order valence-corrected chi connectivity index (χ3v) is 6.39. The number of nitrogens with zero attached hydrogens (tertiary/aromatic N) is 4. The number of amides is 1. The summed E-state index contributed by atoms with van der Waals surface area (Å²) < 4.78 is 1.56. The number of anilines is 1. The molecule has 29 heavy (non-hydrogen) atoms. The van der Waals surface area contributed by atoms with Crippen LogP contribution in [0, 0.1) is 0 Å². The summed E-state index contributed by atoms with van der Waals surface area (Å²) in [5.74, 6) is 0.747. The average Bonchev–Trinajstić information content (AvgIpc) is 3.19. The maximum Gasteiger partial charge on any atom is 0.280 e. The number of aromatic nitrogens is 3. The second kappa shape index (κ2) is 8.32. The van der Waals surface area contributed by atoms with E-state index in [1.165, 1.54) is 11.3 Å². The highest BCUT2D eigenvalue weighted by atomic mass is 32.1. The van der Waals surface area contributed by atoms with Gasteiger partial charge >= 0.3 is 0 Å². The summed E-state index contributed by atoms with van der Waals surface area (Å²) in [6.07, 6.45) is 3.47. The van der Waals surface area contributed by atoms with E-state index in [0.717, 1.165) is 37.2 Å². The van der Waals surface area contributed by atoms with Gasteiger partial charge in [-0.1, -0.05) is 48.6 Å². The molecule has 152 valence electrons. The number of benzene rings is 1. The van der Waals surface area contributed by atoms with E-state index in [9.17, 15) is 9.59 Å². The van der Waals surface area contributed by atoms with Crippen molar-refractivity contribution in [3.8, 4) is 0 Å². The minimum Gasteiger partial charge on any atom is -0.350 e. The van der Waals surface area contributed by atoms with Gasteiger partial charge in [0.05, 0.1) is 0 Å². The van der Waals surface area contributed by atoms with Crippen molar-refractivity contribution < 1.29 is 4.79 Å². The van der Waals surface area contributed by atoms with E-state index >= 15 is 0 Å². The Hall–Kier alpha value is -2.74. The maximum atomic E-state index is 12.9. The van der Waals surface area contributed by atoms with E-state index in [-0.39, 0.29) is 17.5 Å². The minimum absolute atomic E-state index is 0.00270. The molecule has 1 atom stereocenters. The van der Waals surface area contributed by atoms with Crippen LogP contribution in [0.2, 0.25) is 0 Å². The highest BCUT2D eigenvalue weighted by Gasteiger charge is 2.31. The summed E-state index contributed by atoms with van der Waals surface area (Å²) in [7, 11) is 1.73. The Morgan fingerprint density at radius 2 is 2.03 bits per heavy atom. The Balaban J connectivity index is 1.59. The Kier molecular flexibility index (Phi) is 5.62. The Morgan fingerprint density at radius 3 is 2.79 bits per heavy atom. The molecule has 4 rings (SSSR count). The lowest BCUT2D eigenvalue weighted by atomic mass is 10.0. The third-order valence-electron chi connectivity index (χ3n) is 5.40. The Bertz CT molecular complexity index is 1080. The molecule has 1 N–H and O–H groups in total. The van der Waals surface area contributed by atoms with Crippen LogP contribution in [0.3, 0.4) is 0 Å². The van der Waals surface area contributed by atoms with E-state index in [4.69, 9.17) is 0 Å². The molecule has 3 heterocycles. The number of carbonyl (C=O) groups excluding carboxylic acids is 1. The van der Waals surface area contributed by atoms with Gasteiger partial charge in [0.2, 0.25) is 5.91 Å². The molecule has 0 radical (unpaired) electrons. The van der Waals surface area contributed by atoms with Crippen LogP contribution >= 0.6 is 11.3 Å². The number of fused-ring (bicyclic) bond motifs is 1. The molecular formula is C21H25N5O2S. The first-order chi connectivity index (χ1) is 14.1. The average molecular weight is 412 g/mol. The molecule has 8 heteroatoms. The predicted molar refractivity (Wildman–Crippen MR) is 115 cm³/mol. The maximum absolute atomic E-state index is 12.9. The summed E-state index contributed by atoms with van der Waals surface area (Å²) in [4.78, 5) is 37.5. The van der Waals surface area contributed by atoms with E-state index in [0.29, 0.717) is 28.4 Å². The largest absolute Gasteiger partial charge is 0.350 e. The SMILES string of the molecule is CCc1nc2sc(N3CCCC[C@@H]3C(=O)NCc3ccccc3)nc2c(=O)n1C. The summed E-state index contributed by atoms with van der Waals surface area (Å²) in [5, 5.41) is 3.76. The second-order valence-electron chi connectivity index (χ2n) is 7.30. The molecule has 3 aromatic rings. The van der Waals surface area contributed by atoms with Gasteiger partial charge in [-0.15, -0.1) is 0 Å². The van der Waals surface area contributed by atoms with Crippen molar-refractivity contribution in [2.75, 3.05) is 11.4 Å². The number of rotatable bonds is 5. The number of hydrogen-bond acceptors (Lipinski definition) is 6. The first-order valence-electron chi connectivity index (χ1n) is 10.0. The fraction of sp³-hybridized carbons (Fsp3) is 0.429. The molecule has 1 fully saturated rings. The number of hydrogen-bond donors (Lipinski definition) is 1. The third kappa shape index (κ3) is 3.89. The lowest BCUT2D eigenvalue weighted by molar-refractivity contribution is -0.123. The number of nitrogens with one attached hydrogen (secondary N) is 1. The molecular weight excluding hydrogens is 386 g/mol. The Morgan fingerprint density at radius 1 is 1.24 bits per heavy atom. The molecule has 1 amide bonds. The standard InChI is InChI=1S/C21H25N5O2S/c1-3-16-23-19-17(20(28)25(16)2)24-21(29-19)26-12-8-7-11-15(26)18(27)22-13-14-9-5-4-6-10-14/h4-6,9-10,15H,3,7-8,11-13H2,1-2H3,(H,22,27)/t15-/m1/s1. The lowest BCUT2D eigenvalue weighted by Gasteiger charge is -2.34.